The molecule has 0 fully saturated rings. The Hall–Kier alpha value is -12.4. The van der Waals surface area contributed by atoms with Crippen LogP contribution in [0.4, 0.5) is 4.39 Å². The van der Waals surface area contributed by atoms with Gasteiger partial charge in [-0.15, -0.1) is 0 Å². The molecule has 10 aromatic heterocycles. The van der Waals surface area contributed by atoms with Crippen LogP contribution in [0.15, 0.2) is 208 Å². The first kappa shape index (κ1) is 79.4. The molecular formula is C110H117FN8O3+4. The number of halogens is 1. The predicted octanol–water partition coefficient (Wildman–Crippen LogP) is 26.7. The minimum Gasteiger partial charge on any atom is -0.437 e. The van der Waals surface area contributed by atoms with Gasteiger partial charge in [-0.05, 0) is 293 Å². The number of aryl methyl sites for hydroxylation is 11. The zero-order valence-electron chi connectivity index (χ0n) is 78.4. The molecular weight excluding hydrogens is 1500 g/mol. The van der Waals surface area contributed by atoms with Crippen molar-refractivity contribution >= 4 is 121 Å². The number of fused-ring (bicyclic) bond motifs is 15. The van der Waals surface area contributed by atoms with Crippen molar-refractivity contribution in [1.82, 2.24) is 19.9 Å². The number of benzene rings is 9. The van der Waals surface area contributed by atoms with E-state index >= 15 is 0 Å². The van der Waals surface area contributed by atoms with Gasteiger partial charge in [0.05, 0.1) is 29.1 Å². The topological polar surface area (TPSA) is 106 Å². The Morgan fingerprint density at radius 2 is 0.779 bits per heavy atom. The second-order valence-electron chi connectivity index (χ2n) is 34.9. The van der Waals surface area contributed by atoms with Gasteiger partial charge in [0.2, 0.25) is 50.8 Å². The number of rotatable bonds is 12. The first-order valence-corrected chi connectivity index (χ1v) is 42.6. The summed E-state index contributed by atoms with van der Waals surface area (Å²) in [6.45, 7) is 39.1. The number of pyridine rings is 6. The fourth-order valence-corrected chi connectivity index (χ4v) is 18.1. The molecule has 618 valence electrons. The van der Waals surface area contributed by atoms with E-state index in [4.69, 9.17) is 23.7 Å². The highest BCUT2D eigenvalue weighted by Gasteiger charge is 2.31. The lowest BCUT2D eigenvalue weighted by molar-refractivity contribution is -0.662. The summed E-state index contributed by atoms with van der Waals surface area (Å²) < 4.78 is 77.0. The molecule has 0 aliphatic heterocycles. The average molecular weight is 1620 g/mol. The molecule has 0 spiro atoms. The van der Waals surface area contributed by atoms with Gasteiger partial charge in [-0.25, -0.2) is 23.9 Å². The standard InChI is InChI=1S/C31H29N2O.2C28H29N2O.C22H26FN2.CH4/c1-18(2)17-21-9-8-12-26-23(21)15-16-27(33(26)5)28-20(4)22-10-6-7-11-24(22)29-25-14-13-19(3)32-31(25)34-30(28)29;2*1-16(2)14-20-8-7-9-24-21(20)12-13-25(30(24)6)26-19(5)17(3)15-23-22-11-10-18(4)29-28(22)31-27(23)26;1-13(2)9-17-7-8-18-20(11-17)24-12-25(6)22(18)19-10-14(3)21(23)16(5)15(19)4;/h6-16,18H,17H2,1-5H3;2*7-13,15-16H,14H2,1-6H3;7-8,10-13H,9H2,1-6H3;1H4/q4*+1;/i17D2;14D2;;;. The molecule has 0 aliphatic carbocycles. The summed E-state index contributed by atoms with van der Waals surface area (Å²) in [7, 11) is 8.26. The van der Waals surface area contributed by atoms with Crippen molar-refractivity contribution in [2.24, 2.45) is 51.9 Å². The van der Waals surface area contributed by atoms with E-state index < -0.39 is 12.7 Å². The number of furan rings is 3. The SMILES string of the molecule is C.Cc1cc(-c2c3ccc(CC(C)C)cc3nc[n+]2C)c(C)c(C)c1F.Cc1ccc2c(n1)oc1c(-c3ccc4c(CC(C)C)cccc4[n+]3C)c(C)c(C)cc12.[2H]C([2H])(c1cccc2c1ccc(-c1c(C)c(C)cc3c1oc1nc(C)ccc13)[n+]2C)C(C)C.[2H]C([2H])(c1cccc2c1ccc(-c1c(C)c3ccccc3c3c1oc1nc(C)ccc13)[n+]2C)C(C)C. The lowest BCUT2D eigenvalue weighted by atomic mass is 9.92. The highest BCUT2D eigenvalue weighted by molar-refractivity contribution is 6.23. The van der Waals surface area contributed by atoms with Crippen molar-refractivity contribution in [2.45, 2.75) is 165 Å². The van der Waals surface area contributed by atoms with Gasteiger partial charge < -0.3 is 13.3 Å². The van der Waals surface area contributed by atoms with Gasteiger partial charge in [-0.3, -0.25) is 0 Å². The van der Waals surface area contributed by atoms with E-state index in [2.05, 4.69) is 251 Å². The molecule has 0 saturated carbocycles. The molecule has 0 bridgehead atoms. The molecule has 11 nitrogen and oxygen atoms in total. The molecule has 19 aromatic rings. The van der Waals surface area contributed by atoms with Gasteiger partial charge in [-0.2, -0.15) is 13.7 Å². The van der Waals surface area contributed by atoms with Gasteiger partial charge >= 0.3 is 0 Å². The Morgan fingerprint density at radius 1 is 0.361 bits per heavy atom. The van der Waals surface area contributed by atoms with Crippen molar-refractivity contribution in [3.8, 4) is 45.0 Å². The molecule has 12 heteroatoms. The highest BCUT2D eigenvalue weighted by Crippen LogP contribution is 2.45. The van der Waals surface area contributed by atoms with Crippen LogP contribution in [0.25, 0.3) is 166 Å². The van der Waals surface area contributed by atoms with E-state index in [0.29, 0.717) is 34.5 Å². The Bertz CT molecular complexity index is 7600. The average Bonchev–Trinajstić information content (AvgIpc) is 1.53. The summed E-state index contributed by atoms with van der Waals surface area (Å²) in [6.07, 6.45) is 1.14. The highest BCUT2D eigenvalue weighted by atomic mass is 19.1. The van der Waals surface area contributed by atoms with E-state index in [1.54, 1.807) is 0 Å². The van der Waals surface area contributed by atoms with Gasteiger partial charge in [0, 0.05) is 113 Å². The second-order valence-corrected chi connectivity index (χ2v) is 34.9. The lowest BCUT2D eigenvalue weighted by Crippen LogP contribution is -2.32. The minimum atomic E-state index is -1.43. The maximum atomic E-state index is 14.3. The van der Waals surface area contributed by atoms with Crippen molar-refractivity contribution in [2.75, 3.05) is 0 Å². The summed E-state index contributed by atoms with van der Waals surface area (Å²) in [6, 6.07) is 65.1. The van der Waals surface area contributed by atoms with Crippen LogP contribution in [-0.4, -0.2) is 19.9 Å². The summed E-state index contributed by atoms with van der Waals surface area (Å²) >= 11 is 0. The third-order valence-corrected chi connectivity index (χ3v) is 24.4. The zero-order chi connectivity index (χ0) is 89.2. The monoisotopic (exact) mass is 1620 g/mol. The molecule has 0 radical (unpaired) electrons. The quantitative estimate of drug-likeness (QED) is 0.112. The summed E-state index contributed by atoms with van der Waals surface area (Å²) in [5, 5.41) is 13.0. The third-order valence-electron chi connectivity index (χ3n) is 24.4. The van der Waals surface area contributed by atoms with Crippen molar-refractivity contribution < 1.29 is 41.4 Å². The molecule has 0 amide bonds. The van der Waals surface area contributed by atoms with Crippen LogP contribution in [0.2, 0.25) is 0 Å². The van der Waals surface area contributed by atoms with Crippen LogP contribution in [0.1, 0.15) is 152 Å². The van der Waals surface area contributed by atoms with Crippen molar-refractivity contribution in [3.63, 3.8) is 0 Å². The van der Waals surface area contributed by atoms with Gasteiger partial charge in [0.15, 0.2) is 22.3 Å². The zero-order valence-corrected chi connectivity index (χ0v) is 74.4. The maximum absolute atomic E-state index is 14.3. The van der Waals surface area contributed by atoms with E-state index in [9.17, 15) is 4.39 Å². The molecule has 10 heterocycles. The number of hydrogen-bond donors (Lipinski definition) is 0. The largest absolute Gasteiger partial charge is 0.437 e. The van der Waals surface area contributed by atoms with Crippen LogP contribution in [0.3, 0.4) is 0 Å². The van der Waals surface area contributed by atoms with Crippen LogP contribution < -0.4 is 18.3 Å². The Kier molecular flexibility index (Phi) is 22.1. The summed E-state index contributed by atoms with van der Waals surface area (Å²) in [5.41, 5.74) is 32.9. The number of aromatic nitrogens is 8. The summed E-state index contributed by atoms with van der Waals surface area (Å²) in [4.78, 5) is 18.6. The fourth-order valence-electron chi connectivity index (χ4n) is 18.1. The van der Waals surface area contributed by atoms with Crippen LogP contribution in [0.5, 0.6) is 0 Å². The lowest BCUT2D eigenvalue weighted by Gasteiger charge is -2.14. The number of nitrogens with zero attached hydrogens (tertiary/aromatic N) is 8. The van der Waals surface area contributed by atoms with Gasteiger partial charge in [-0.1, -0.05) is 130 Å². The Labute approximate surface area is 723 Å². The summed E-state index contributed by atoms with van der Waals surface area (Å²) in [5.74, 6) is 0.865. The van der Waals surface area contributed by atoms with Crippen LogP contribution >= 0.6 is 0 Å². The van der Waals surface area contributed by atoms with Crippen LogP contribution in [0, 0.1) is 106 Å². The molecule has 0 atom stereocenters. The maximum Gasteiger partial charge on any atom is 0.287 e. The van der Waals surface area contributed by atoms with E-state index in [1.165, 1.54) is 49.7 Å². The van der Waals surface area contributed by atoms with Crippen molar-refractivity contribution in [1.29, 1.82) is 0 Å². The Balaban J connectivity index is 0.000000130. The van der Waals surface area contributed by atoms with Crippen molar-refractivity contribution in [3.05, 3.63) is 284 Å². The first-order chi connectivity index (χ1) is 59.4. The first-order valence-electron chi connectivity index (χ1n) is 44.6. The predicted molar refractivity (Wildman–Crippen MR) is 506 cm³/mol. The molecule has 0 aliphatic rings. The second kappa shape index (κ2) is 33.9. The smallest absolute Gasteiger partial charge is 0.287 e. The van der Waals surface area contributed by atoms with Gasteiger partial charge in [0.25, 0.3) is 6.33 Å². The molecule has 0 unspecified atom stereocenters. The molecule has 19 rings (SSSR count). The molecule has 122 heavy (non-hydrogen) atoms. The molecule has 9 aromatic carbocycles. The van der Waals surface area contributed by atoms with E-state index in [0.717, 1.165) is 190 Å². The number of hydrogen-bond acceptors (Lipinski definition) is 7. The Morgan fingerprint density at radius 3 is 1.25 bits per heavy atom. The normalized spacial score (nSPS) is 12.5. The third kappa shape index (κ3) is 15.5. The molecule has 0 N–H and O–H groups in total. The van der Waals surface area contributed by atoms with Gasteiger partial charge in [0.1, 0.15) is 32.7 Å². The molecule has 0 saturated heterocycles. The van der Waals surface area contributed by atoms with Crippen LogP contribution in [-0.2, 0) is 53.8 Å². The fraction of sp³-hybridized carbons (Fsp3) is 0.291. The van der Waals surface area contributed by atoms with E-state index in [-0.39, 0.29) is 25.1 Å². The minimum absolute atomic E-state index is 0. The van der Waals surface area contributed by atoms with E-state index in [1.807, 2.05) is 137 Å².